The molecule has 0 spiro atoms. The Morgan fingerprint density at radius 2 is 2.00 bits per heavy atom. The van der Waals surface area contributed by atoms with E-state index in [9.17, 15) is 5.11 Å². The molecule has 3 nitrogen and oxygen atoms in total. The molecule has 2 fully saturated rings. The van der Waals surface area contributed by atoms with Crippen molar-refractivity contribution in [3.8, 4) is 0 Å². The van der Waals surface area contributed by atoms with Crippen LogP contribution in [0.4, 0.5) is 0 Å². The largest absolute Gasteiger partial charge is 0.383 e. The third-order valence-electron chi connectivity index (χ3n) is 4.27. The average Bonchev–Trinajstić information content (AvgIpc) is 2.54. The van der Waals surface area contributed by atoms with E-state index in [4.69, 9.17) is 0 Å². The predicted octanol–water partition coefficient (Wildman–Crippen LogP) is 1.53. The van der Waals surface area contributed by atoms with E-state index in [1.807, 2.05) is 18.2 Å². The van der Waals surface area contributed by atoms with Crippen molar-refractivity contribution in [1.29, 1.82) is 0 Å². The molecule has 1 aromatic rings. The van der Waals surface area contributed by atoms with E-state index in [1.165, 1.54) is 12.8 Å². The minimum atomic E-state index is -0.695. The third kappa shape index (κ3) is 1.46. The Morgan fingerprint density at radius 1 is 1.31 bits per heavy atom. The van der Waals surface area contributed by atoms with Crippen LogP contribution < -0.4 is 0 Å². The van der Waals surface area contributed by atoms with E-state index in [0.717, 1.165) is 18.5 Å². The fraction of sp³-hybridized carbons (Fsp3) is 0.615. The third-order valence-corrected chi connectivity index (χ3v) is 4.27. The summed E-state index contributed by atoms with van der Waals surface area (Å²) >= 11 is 0. The number of hydrogen-bond acceptors (Lipinski definition) is 3. The number of hydrogen-bond donors (Lipinski definition) is 1. The van der Waals surface area contributed by atoms with E-state index in [-0.39, 0.29) is 0 Å². The smallest absolute Gasteiger partial charge is 0.109 e. The molecule has 0 saturated carbocycles. The van der Waals surface area contributed by atoms with Crippen LogP contribution in [0.5, 0.6) is 0 Å². The topological polar surface area (TPSA) is 36.4 Å². The van der Waals surface area contributed by atoms with Gasteiger partial charge in [-0.05, 0) is 44.9 Å². The van der Waals surface area contributed by atoms with Gasteiger partial charge in [-0.3, -0.25) is 4.98 Å². The molecule has 2 saturated heterocycles. The predicted molar refractivity (Wildman–Crippen MR) is 61.9 cm³/mol. The number of rotatable bonds is 1. The van der Waals surface area contributed by atoms with Gasteiger partial charge >= 0.3 is 0 Å². The molecular formula is C13H18N2O. The van der Waals surface area contributed by atoms with Gasteiger partial charge in [-0.15, -0.1) is 0 Å². The van der Waals surface area contributed by atoms with Crippen LogP contribution in [0.1, 0.15) is 31.4 Å². The van der Waals surface area contributed by atoms with Crippen LogP contribution in [0, 0.1) is 0 Å². The first kappa shape index (κ1) is 10.2. The van der Waals surface area contributed by atoms with E-state index in [0.29, 0.717) is 12.1 Å². The van der Waals surface area contributed by atoms with Gasteiger partial charge in [0.05, 0.1) is 5.69 Å². The molecule has 16 heavy (non-hydrogen) atoms. The van der Waals surface area contributed by atoms with Gasteiger partial charge in [-0.1, -0.05) is 6.07 Å². The van der Waals surface area contributed by atoms with Crippen LogP contribution in [-0.2, 0) is 5.60 Å². The second kappa shape index (κ2) is 3.54. The van der Waals surface area contributed by atoms with Gasteiger partial charge in [-0.2, -0.15) is 0 Å². The molecule has 0 aromatic carbocycles. The summed E-state index contributed by atoms with van der Waals surface area (Å²) < 4.78 is 0. The van der Waals surface area contributed by atoms with Gasteiger partial charge < -0.3 is 10.0 Å². The van der Waals surface area contributed by atoms with E-state index >= 15 is 0 Å². The molecule has 3 heteroatoms. The van der Waals surface area contributed by atoms with Crippen molar-refractivity contribution in [3.63, 3.8) is 0 Å². The Morgan fingerprint density at radius 3 is 2.56 bits per heavy atom. The van der Waals surface area contributed by atoms with Gasteiger partial charge in [0.2, 0.25) is 0 Å². The van der Waals surface area contributed by atoms with Gasteiger partial charge in [0, 0.05) is 18.3 Å². The Hall–Kier alpha value is -0.930. The molecule has 2 atom stereocenters. The highest BCUT2D eigenvalue weighted by molar-refractivity contribution is 5.17. The Kier molecular flexibility index (Phi) is 2.26. The molecule has 0 unspecified atom stereocenters. The lowest BCUT2D eigenvalue weighted by Gasteiger charge is -2.41. The van der Waals surface area contributed by atoms with E-state index < -0.39 is 5.60 Å². The molecule has 2 aliphatic heterocycles. The first-order chi connectivity index (χ1) is 7.69. The fourth-order valence-corrected chi connectivity index (χ4v) is 3.29. The monoisotopic (exact) mass is 218 g/mol. The minimum Gasteiger partial charge on any atom is -0.383 e. The summed E-state index contributed by atoms with van der Waals surface area (Å²) in [6, 6.07) is 6.87. The van der Waals surface area contributed by atoms with Gasteiger partial charge in [0.25, 0.3) is 0 Å². The molecule has 3 heterocycles. The summed E-state index contributed by atoms with van der Waals surface area (Å²) in [5.41, 5.74) is 0.152. The lowest BCUT2D eigenvalue weighted by atomic mass is 9.83. The molecule has 86 valence electrons. The van der Waals surface area contributed by atoms with Crippen LogP contribution in [0.25, 0.3) is 0 Å². The van der Waals surface area contributed by atoms with Gasteiger partial charge in [-0.25, -0.2) is 0 Å². The second-order valence-corrected chi connectivity index (χ2v) is 5.21. The number of aromatic nitrogens is 1. The lowest BCUT2D eigenvalue weighted by Crippen LogP contribution is -2.47. The van der Waals surface area contributed by atoms with Crippen molar-refractivity contribution in [2.45, 2.75) is 43.4 Å². The summed E-state index contributed by atoms with van der Waals surface area (Å²) in [5, 5.41) is 10.8. The van der Waals surface area contributed by atoms with E-state index in [1.54, 1.807) is 6.20 Å². The second-order valence-electron chi connectivity index (χ2n) is 5.21. The summed E-state index contributed by atoms with van der Waals surface area (Å²) in [5.74, 6) is 0. The molecule has 3 rings (SSSR count). The molecule has 1 aromatic heterocycles. The van der Waals surface area contributed by atoms with Crippen molar-refractivity contribution >= 4 is 0 Å². The summed E-state index contributed by atoms with van der Waals surface area (Å²) in [4.78, 5) is 6.76. The average molecular weight is 218 g/mol. The van der Waals surface area contributed by atoms with Crippen LogP contribution in [0.3, 0.4) is 0 Å². The standard InChI is InChI=1S/C13H18N2O/c1-15-10-5-6-11(15)9-13(16,8-10)12-4-2-3-7-14-12/h2-4,7,10-11,16H,5-6,8-9H2,1H3/t10-,11-/m1/s1. The zero-order chi connectivity index (χ0) is 11.2. The van der Waals surface area contributed by atoms with Crippen molar-refractivity contribution < 1.29 is 5.11 Å². The molecule has 0 aliphatic carbocycles. The van der Waals surface area contributed by atoms with Gasteiger partial charge in [0.15, 0.2) is 0 Å². The SMILES string of the molecule is CN1[C@@H]2CC[C@@H]1CC(O)(c1ccccn1)C2. The normalized spacial score (nSPS) is 38.9. The molecule has 0 amide bonds. The minimum absolute atomic E-state index is 0.533. The van der Waals surface area contributed by atoms with Crippen LogP contribution in [0.2, 0.25) is 0 Å². The van der Waals surface area contributed by atoms with E-state index in [2.05, 4.69) is 16.9 Å². The Bertz CT molecular complexity index is 365. The maximum absolute atomic E-state index is 10.8. The summed E-state index contributed by atoms with van der Waals surface area (Å²) in [6.45, 7) is 0. The Balaban J connectivity index is 1.91. The van der Waals surface area contributed by atoms with Crippen LogP contribution >= 0.6 is 0 Å². The first-order valence-electron chi connectivity index (χ1n) is 6.05. The van der Waals surface area contributed by atoms with Crippen LogP contribution in [-0.4, -0.2) is 34.1 Å². The zero-order valence-electron chi connectivity index (χ0n) is 9.63. The summed E-state index contributed by atoms with van der Waals surface area (Å²) in [6.07, 6.45) is 5.87. The highest BCUT2D eigenvalue weighted by atomic mass is 16.3. The highest BCUT2D eigenvalue weighted by Crippen LogP contribution is 2.44. The zero-order valence-corrected chi connectivity index (χ0v) is 9.63. The van der Waals surface area contributed by atoms with Crippen LogP contribution in [0.15, 0.2) is 24.4 Å². The molecule has 2 bridgehead atoms. The lowest BCUT2D eigenvalue weighted by molar-refractivity contribution is -0.0523. The first-order valence-corrected chi connectivity index (χ1v) is 6.05. The molecule has 0 radical (unpaired) electrons. The number of pyridine rings is 1. The summed E-state index contributed by atoms with van der Waals surface area (Å²) in [7, 11) is 2.18. The highest BCUT2D eigenvalue weighted by Gasteiger charge is 2.47. The number of piperidine rings is 1. The maximum Gasteiger partial charge on any atom is 0.109 e. The number of fused-ring (bicyclic) bond motifs is 2. The van der Waals surface area contributed by atoms with Crippen molar-refractivity contribution in [2.24, 2.45) is 0 Å². The number of aliphatic hydroxyl groups is 1. The quantitative estimate of drug-likeness (QED) is 0.776. The maximum atomic E-state index is 10.8. The Labute approximate surface area is 96.1 Å². The fourth-order valence-electron chi connectivity index (χ4n) is 3.29. The molecular weight excluding hydrogens is 200 g/mol. The molecule has 2 aliphatic rings. The van der Waals surface area contributed by atoms with Gasteiger partial charge in [0.1, 0.15) is 5.60 Å². The van der Waals surface area contributed by atoms with Crippen molar-refractivity contribution in [1.82, 2.24) is 9.88 Å². The molecule has 1 N–H and O–H groups in total. The van der Waals surface area contributed by atoms with Crippen molar-refractivity contribution in [2.75, 3.05) is 7.05 Å². The number of nitrogens with zero attached hydrogens (tertiary/aromatic N) is 2. The van der Waals surface area contributed by atoms with Crippen molar-refractivity contribution in [3.05, 3.63) is 30.1 Å².